The SMILES string of the molecule is CC(C)C(N)C(C)c1cccc(Br)c1. The summed E-state index contributed by atoms with van der Waals surface area (Å²) >= 11 is 3.48. The van der Waals surface area contributed by atoms with E-state index in [-0.39, 0.29) is 6.04 Å². The van der Waals surface area contributed by atoms with Crippen molar-refractivity contribution >= 4 is 15.9 Å². The third-order valence-electron chi connectivity index (χ3n) is 2.72. The van der Waals surface area contributed by atoms with E-state index in [2.05, 4.69) is 54.9 Å². The van der Waals surface area contributed by atoms with Gasteiger partial charge in [-0.15, -0.1) is 0 Å². The van der Waals surface area contributed by atoms with Gasteiger partial charge in [-0.05, 0) is 29.5 Å². The fourth-order valence-corrected chi connectivity index (χ4v) is 2.01. The Balaban J connectivity index is 2.83. The van der Waals surface area contributed by atoms with E-state index in [1.165, 1.54) is 5.56 Å². The molecule has 0 saturated heterocycles. The fraction of sp³-hybridized carbons (Fsp3) is 0.500. The van der Waals surface area contributed by atoms with Gasteiger partial charge in [0, 0.05) is 10.5 Å². The minimum atomic E-state index is 0.226. The maximum Gasteiger partial charge on any atom is 0.0178 e. The highest BCUT2D eigenvalue weighted by Crippen LogP contribution is 2.24. The molecular formula is C12H18BrN. The average molecular weight is 256 g/mol. The molecule has 1 rings (SSSR count). The quantitative estimate of drug-likeness (QED) is 0.879. The molecule has 0 aromatic heterocycles. The van der Waals surface area contributed by atoms with Crippen molar-refractivity contribution in [2.24, 2.45) is 11.7 Å². The highest BCUT2D eigenvalue weighted by Gasteiger charge is 2.17. The highest BCUT2D eigenvalue weighted by molar-refractivity contribution is 9.10. The van der Waals surface area contributed by atoms with Crippen LogP contribution in [0.15, 0.2) is 28.7 Å². The summed E-state index contributed by atoms with van der Waals surface area (Å²) in [6.45, 7) is 6.52. The predicted octanol–water partition coefficient (Wildman–Crippen LogP) is 3.54. The lowest BCUT2D eigenvalue weighted by Gasteiger charge is -2.23. The Kier molecular flexibility index (Phi) is 4.14. The first-order valence-electron chi connectivity index (χ1n) is 5.03. The second-order valence-electron chi connectivity index (χ2n) is 4.17. The molecule has 2 N–H and O–H groups in total. The van der Waals surface area contributed by atoms with Crippen molar-refractivity contribution in [3.05, 3.63) is 34.3 Å². The van der Waals surface area contributed by atoms with Crippen LogP contribution >= 0.6 is 15.9 Å². The molecule has 2 heteroatoms. The summed E-state index contributed by atoms with van der Waals surface area (Å²) < 4.78 is 1.12. The minimum absolute atomic E-state index is 0.226. The van der Waals surface area contributed by atoms with E-state index < -0.39 is 0 Å². The molecule has 2 unspecified atom stereocenters. The summed E-state index contributed by atoms with van der Waals surface area (Å²) in [6, 6.07) is 8.61. The third kappa shape index (κ3) is 2.82. The predicted molar refractivity (Wildman–Crippen MR) is 65.4 cm³/mol. The van der Waals surface area contributed by atoms with E-state index in [1.807, 2.05) is 6.07 Å². The lowest BCUT2D eigenvalue weighted by molar-refractivity contribution is 0.434. The Morgan fingerprint density at radius 2 is 1.86 bits per heavy atom. The monoisotopic (exact) mass is 255 g/mol. The van der Waals surface area contributed by atoms with Crippen LogP contribution in [0, 0.1) is 5.92 Å². The van der Waals surface area contributed by atoms with E-state index in [4.69, 9.17) is 5.73 Å². The van der Waals surface area contributed by atoms with E-state index >= 15 is 0 Å². The largest absolute Gasteiger partial charge is 0.327 e. The first kappa shape index (κ1) is 11.7. The molecule has 78 valence electrons. The van der Waals surface area contributed by atoms with E-state index in [0.717, 1.165) is 4.47 Å². The molecule has 0 amide bonds. The first-order chi connectivity index (χ1) is 6.52. The standard InChI is InChI=1S/C12H18BrN/c1-8(2)12(14)9(3)10-5-4-6-11(13)7-10/h4-9,12H,14H2,1-3H3. The van der Waals surface area contributed by atoms with Gasteiger partial charge in [-0.3, -0.25) is 0 Å². The van der Waals surface area contributed by atoms with Crippen LogP contribution in [-0.2, 0) is 0 Å². The Morgan fingerprint density at radius 3 is 2.36 bits per heavy atom. The van der Waals surface area contributed by atoms with Crippen LogP contribution in [0.5, 0.6) is 0 Å². The Labute approximate surface area is 94.8 Å². The summed E-state index contributed by atoms with van der Waals surface area (Å²) in [5.41, 5.74) is 7.43. The van der Waals surface area contributed by atoms with Gasteiger partial charge in [-0.25, -0.2) is 0 Å². The van der Waals surface area contributed by atoms with Gasteiger partial charge >= 0.3 is 0 Å². The summed E-state index contributed by atoms with van der Waals surface area (Å²) in [7, 11) is 0. The van der Waals surface area contributed by atoms with Crippen LogP contribution in [0.25, 0.3) is 0 Å². The fourth-order valence-electron chi connectivity index (χ4n) is 1.59. The molecule has 0 fully saturated rings. The molecule has 0 heterocycles. The number of halogens is 1. The van der Waals surface area contributed by atoms with Crippen LogP contribution in [0.1, 0.15) is 32.3 Å². The number of rotatable bonds is 3. The van der Waals surface area contributed by atoms with Crippen LogP contribution in [0.2, 0.25) is 0 Å². The molecule has 0 radical (unpaired) electrons. The number of hydrogen-bond donors (Lipinski definition) is 1. The van der Waals surface area contributed by atoms with Gasteiger partial charge in [0.1, 0.15) is 0 Å². The van der Waals surface area contributed by atoms with Crippen molar-refractivity contribution in [3.8, 4) is 0 Å². The van der Waals surface area contributed by atoms with Crippen LogP contribution in [0.3, 0.4) is 0 Å². The summed E-state index contributed by atoms with van der Waals surface area (Å²) in [5, 5.41) is 0. The van der Waals surface area contributed by atoms with Crippen LogP contribution < -0.4 is 5.73 Å². The summed E-state index contributed by atoms with van der Waals surface area (Å²) in [6.07, 6.45) is 0. The van der Waals surface area contributed by atoms with Gasteiger partial charge in [0.25, 0.3) is 0 Å². The molecular weight excluding hydrogens is 238 g/mol. The number of hydrogen-bond acceptors (Lipinski definition) is 1. The topological polar surface area (TPSA) is 26.0 Å². The van der Waals surface area contributed by atoms with E-state index in [0.29, 0.717) is 11.8 Å². The Hall–Kier alpha value is -0.340. The zero-order chi connectivity index (χ0) is 10.7. The van der Waals surface area contributed by atoms with Crippen LogP contribution in [0.4, 0.5) is 0 Å². The molecule has 0 saturated carbocycles. The second-order valence-corrected chi connectivity index (χ2v) is 5.08. The van der Waals surface area contributed by atoms with Crippen molar-refractivity contribution in [2.75, 3.05) is 0 Å². The Bertz CT molecular complexity index is 296. The van der Waals surface area contributed by atoms with Crippen molar-refractivity contribution in [1.82, 2.24) is 0 Å². The van der Waals surface area contributed by atoms with Crippen LogP contribution in [-0.4, -0.2) is 6.04 Å². The average Bonchev–Trinajstić information content (AvgIpc) is 2.15. The third-order valence-corrected chi connectivity index (χ3v) is 3.21. The Morgan fingerprint density at radius 1 is 1.21 bits per heavy atom. The molecule has 0 aliphatic carbocycles. The van der Waals surface area contributed by atoms with Gasteiger partial charge in [0.15, 0.2) is 0 Å². The van der Waals surface area contributed by atoms with Gasteiger partial charge in [0.05, 0.1) is 0 Å². The lowest BCUT2D eigenvalue weighted by Crippen LogP contribution is -2.32. The van der Waals surface area contributed by atoms with Gasteiger partial charge < -0.3 is 5.73 Å². The molecule has 0 spiro atoms. The molecule has 1 nitrogen and oxygen atoms in total. The second kappa shape index (κ2) is 4.94. The van der Waals surface area contributed by atoms with Crippen molar-refractivity contribution in [2.45, 2.75) is 32.7 Å². The van der Waals surface area contributed by atoms with E-state index in [1.54, 1.807) is 0 Å². The highest BCUT2D eigenvalue weighted by atomic mass is 79.9. The molecule has 2 atom stereocenters. The summed E-state index contributed by atoms with van der Waals surface area (Å²) in [4.78, 5) is 0. The maximum atomic E-state index is 6.13. The smallest absolute Gasteiger partial charge is 0.0178 e. The van der Waals surface area contributed by atoms with E-state index in [9.17, 15) is 0 Å². The minimum Gasteiger partial charge on any atom is -0.327 e. The molecule has 14 heavy (non-hydrogen) atoms. The summed E-state index contributed by atoms with van der Waals surface area (Å²) in [5.74, 6) is 0.927. The van der Waals surface area contributed by atoms with Gasteiger partial charge in [-0.1, -0.05) is 48.8 Å². The zero-order valence-corrected chi connectivity index (χ0v) is 10.6. The first-order valence-corrected chi connectivity index (χ1v) is 5.82. The van der Waals surface area contributed by atoms with Crippen molar-refractivity contribution in [3.63, 3.8) is 0 Å². The molecule has 0 aliphatic heterocycles. The number of nitrogens with two attached hydrogens (primary N) is 1. The normalized spacial score (nSPS) is 15.6. The number of benzene rings is 1. The molecule has 1 aromatic carbocycles. The molecule has 0 aliphatic rings. The van der Waals surface area contributed by atoms with Crippen molar-refractivity contribution in [1.29, 1.82) is 0 Å². The molecule has 0 bridgehead atoms. The zero-order valence-electron chi connectivity index (χ0n) is 9.00. The maximum absolute atomic E-state index is 6.13. The van der Waals surface area contributed by atoms with Gasteiger partial charge in [0.2, 0.25) is 0 Å². The lowest BCUT2D eigenvalue weighted by atomic mass is 9.87. The molecule has 1 aromatic rings. The van der Waals surface area contributed by atoms with Crippen molar-refractivity contribution < 1.29 is 0 Å². The van der Waals surface area contributed by atoms with Gasteiger partial charge in [-0.2, -0.15) is 0 Å².